The van der Waals surface area contributed by atoms with Crippen molar-refractivity contribution in [3.63, 3.8) is 0 Å². The Labute approximate surface area is 82.5 Å². The van der Waals surface area contributed by atoms with Crippen molar-refractivity contribution < 1.29 is 0 Å². The van der Waals surface area contributed by atoms with Crippen LogP contribution in [0.1, 0.15) is 41.0 Å². The van der Waals surface area contributed by atoms with E-state index in [0.29, 0.717) is 11.5 Å². The van der Waals surface area contributed by atoms with E-state index in [1.54, 1.807) is 0 Å². The summed E-state index contributed by atoms with van der Waals surface area (Å²) < 4.78 is 0. The van der Waals surface area contributed by atoms with E-state index in [-0.39, 0.29) is 5.54 Å². The molecule has 0 spiro atoms. The quantitative estimate of drug-likeness (QED) is 0.674. The van der Waals surface area contributed by atoms with Crippen LogP contribution < -0.4 is 5.73 Å². The lowest BCUT2D eigenvalue weighted by Gasteiger charge is -2.42. The van der Waals surface area contributed by atoms with E-state index in [0.717, 1.165) is 13.1 Å². The first-order chi connectivity index (χ1) is 5.77. The van der Waals surface area contributed by atoms with Gasteiger partial charge in [-0.1, -0.05) is 0 Å². The predicted molar refractivity (Wildman–Crippen MR) is 57.7 cm³/mol. The predicted octanol–water partition coefficient (Wildman–Crippen LogP) is 1.84. The zero-order valence-electron chi connectivity index (χ0n) is 9.72. The molecular weight excluding hydrogens is 160 g/mol. The molecule has 0 saturated carbocycles. The van der Waals surface area contributed by atoms with Crippen LogP contribution in [-0.4, -0.2) is 29.1 Å². The molecule has 78 valence electrons. The summed E-state index contributed by atoms with van der Waals surface area (Å²) in [6, 6.07) is 0. The molecule has 0 aromatic rings. The zero-order valence-corrected chi connectivity index (χ0v) is 9.72. The summed E-state index contributed by atoms with van der Waals surface area (Å²) in [5.41, 5.74) is 6.33. The summed E-state index contributed by atoms with van der Waals surface area (Å²) in [5, 5.41) is 0. The lowest BCUT2D eigenvalue weighted by molar-refractivity contribution is 0.0672. The van der Waals surface area contributed by atoms with Gasteiger partial charge >= 0.3 is 0 Å². The standard InChI is InChI=1S/C11H24N2/c1-10(2,3)13-8-9(7-12)6-11(13,4)5/h9H,6-8,12H2,1-5H3. The number of hydrogen-bond acceptors (Lipinski definition) is 2. The Morgan fingerprint density at radius 3 is 2.15 bits per heavy atom. The summed E-state index contributed by atoms with van der Waals surface area (Å²) in [6.07, 6.45) is 1.24. The van der Waals surface area contributed by atoms with Crippen molar-refractivity contribution in [2.45, 2.75) is 52.1 Å². The maximum atomic E-state index is 5.73. The Kier molecular flexibility index (Phi) is 2.75. The summed E-state index contributed by atoms with van der Waals surface area (Å²) in [5.74, 6) is 0.689. The van der Waals surface area contributed by atoms with Gasteiger partial charge in [-0.15, -0.1) is 0 Å². The zero-order chi connectivity index (χ0) is 10.3. The average Bonchev–Trinajstić information content (AvgIpc) is 2.24. The largest absolute Gasteiger partial charge is 0.330 e. The van der Waals surface area contributed by atoms with Crippen LogP contribution in [0.3, 0.4) is 0 Å². The molecule has 1 unspecified atom stereocenters. The number of rotatable bonds is 1. The smallest absolute Gasteiger partial charge is 0.0162 e. The van der Waals surface area contributed by atoms with Crippen LogP contribution in [0.5, 0.6) is 0 Å². The minimum Gasteiger partial charge on any atom is -0.330 e. The van der Waals surface area contributed by atoms with E-state index in [1.165, 1.54) is 6.42 Å². The molecule has 1 rings (SSSR count). The van der Waals surface area contributed by atoms with Crippen LogP contribution in [0.15, 0.2) is 0 Å². The molecule has 0 radical (unpaired) electrons. The lowest BCUT2D eigenvalue weighted by atomic mass is 9.94. The second-order valence-electron chi connectivity index (χ2n) is 5.90. The van der Waals surface area contributed by atoms with Gasteiger partial charge < -0.3 is 5.73 Å². The maximum absolute atomic E-state index is 5.73. The van der Waals surface area contributed by atoms with E-state index in [1.807, 2.05) is 0 Å². The molecule has 1 aliphatic heterocycles. The molecule has 2 heteroatoms. The van der Waals surface area contributed by atoms with E-state index >= 15 is 0 Å². The Balaban J connectivity index is 2.76. The summed E-state index contributed by atoms with van der Waals surface area (Å²) >= 11 is 0. The van der Waals surface area contributed by atoms with E-state index in [4.69, 9.17) is 5.73 Å². The number of nitrogens with zero attached hydrogens (tertiary/aromatic N) is 1. The molecule has 2 N–H and O–H groups in total. The molecular formula is C11H24N2. The highest BCUT2D eigenvalue weighted by atomic mass is 15.3. The summed E-state index contributed by atoms with van der Waals surface area (Å²) in [7, 11) is 0. The Hall–Kier alpha value is -0.0800. The molecule has 2 nitrogen and oxygen atoms in total. The molecule has 0 amide bonds. The van der Waals surface area contributed by atoms with Gasteiger partial charge in [-0.25, -0.2) is 0 Å². The van der Waals surface area contributed by atoms with E-state index < -0.39 is 0 Å². The minimum atomic E-state index is 0.271. The molecule has 0 aromatic carbocycles. The van der Waals surface area contributed by atoms with Gasteiger partial charge in [0.25, 0.3) is 0 Å². The third-order valence-electron chi connectivity index (χ3n) is 3.10. The van der Waals surface area contributed by atoms with Crippen LogP contribution in [-0.2, 0) is 0 Å². The van der Waals surface area contributed by atoms with Crippen LogP contribution in [0.25, 0.3) is 0 Å². The highest BCUT2D eigenvalue weighted by molar-refractivity contribution is 4.98. The first-order valence-corrected chi connectivity index (χ1v) is 5.25. The topological polar surface area (TPSA) is 29.3 Å². The number of hydrogen-bond donors (Lipinski definition) is 1. The fraction of sp³-hybridized carbons (Fsp3) is 1.00. The SMILES string of the molecule is CC(C)(C)N1CC(CN)CC1(C)C. The van der Waals surface area contributed by atoms with E-state index in [9.17, 15) is 0 Å². The maximum Gasteiger partial charge on any atom is 0.0162 e. The van der Waals surface area contributed by atoms with Gasteiger partial charge in [0.1, 0.15) is 0 Å². The highest BCUT2D eigenvalue weighted by Crippen LogP contribution is 2.37. The van der Waals surface area contributed by atoms with Crippen molar-refractivity contribution in [2.75, 3.05) is 13.1 Å². The van der Waals surface area contributed by atoms with Gasteiger partial charge in [-0.05, 0) is 53.5 Å². The molecule has 13 heavy (non-hydrogen) atoms. The van der Waals surface area contributed by atoms with Crippen molar-refractivity contribution in [1.29, 1.82) is 0 Å². The van der Waals surface area contributed by atoms with Gasteiger partial charge in [0, 0.05) is 17.6 Å². The number of likely N-dealkylation sites (tertiary alicyclic amines) is 1. The van der Waals surface area contributed by atoms with Crippen molar-refractivity contribution >= 4 is 0 Å². The molecule has 1 aliphatic rings. The van der Waals surface area contributed by atoms with E-state index in [2.05, 4.69) is 39.5 Å². The Bertz CT molecular complexity index is 179. The molecule has 0 aliphatic carbocycles. The van der Waals surface area contributed by atoms with Gasteiger partial charge in [0.15, 0.2) is 0 Å². The summed E-state index contributed by atoms with van der Waals surface area (Å²) in [6.45, 7) is 13.5. The fourth-order valence-electron chi connectivity index (χ4n) is 2.73. The third-order valence-corrected chi connectivity index (χ3v) is 3.10. The molecule has 0 aromatic heterocycles. The van der Waals surface area contributed by atoms with Crippen LogP contribution in [0.2, 0.25) is 0 Å². The monoisotopic (exact) mass is 184 g/mol. The second kappa shape index (κ2) is 3.25. The van der Waals surface area contributed by atoms with Crippen molar-refractivity contribution in [2.24, 2.45) is 11.7 Å². The van der Waals surface area contributed by atoms with Gasteiger partial charge in [0.2, 0.25) is 0 Å². The first-order valence-electron chi connectivity index (χ1n) is 5.25. The molecule has 1 fully saturated rings. The van der Waals surface area contributed by atoms with Crippen molar-refractivity contribution in [1.82, 2.24) is 4.90 Å². The molecule has 0 bridgehead atoms. The molecule has 1 atom stereocenters. The summed E-state index contributed by atoms with van der Waals surface area (Å²) in [4.78, 5) is 2.58. The van der Waals surface area contributed by atoms with Gasteiger partial charge in [0.05, 0.1) is 0 Å². The Morgan fingerprint density at radius 2 is 1.92 bits per heavy atom. The van der Waals surface area contributed by atoms with Gasteiger partial charge in [-0.3, -0.25) is 4.90 Å². The lowest BCUT2D eigenvalue weighted by Crippen LogP contribution is -2.50. The fourth-order valence-corrected chi connectivity index (χ4v) is 2.73. The molecule has 1 heterocycles. The van der Waals surface area contributed by atoms with Gasteiger partial charge in [-0.2, -0.15) is 0 Å². The normalized spacial score (nSPS) is 29.5. The van der Waals surface area contributed by atoms with Crippen LogP contribution in [0, 0.1) is 5.92 Å². The first kappa shape index (κ1) is 11.0. The Morgan fingerprint density at radius 1 is 1.38 bits per heavy atom. The number of nitrogens with two attached hydrogens (primary N) is 1. The minimum absolute atomic E-state index is 0.271. The van der Waals surface area contributed by atoms with Crippen LogP contribution >= 0.6 is 0 Å². The second-order valence-corrected chi connectivity index (χ2v) is 5.90. The third kappa shape index (κ3) is 2.23. The average molecular weight is 184 g/mol. The van der Waals surface area contributed by atoms with Crippen LogP contribution in [0.4, 0.5) is 0 Å². The van der Waals surface area contributed by atoms with Crippen molar-refractivity contribution in [3.8, 4) is 0 Å². The van der Waals surface area contributed by atoms with Crippen molar-refractivity contribution in [3.05, 3.63) is 0 Å². The highest BCUT2D eigenvalue weighted by Gasteiger charge is 2.42. The molecule has 1 saturated heterocycles.